The molecule has 0 saturated carbocycles. The van der Waals surface area contributed by atoms with Gasteiger partial charge in [-0.05, 0) is 54.1 Å². The maximum Gasteiger partial charge on any atom is 0.339 e. The lowest BCUT2D eigenvalue weighted by atomic mass is 10.1. The zero-order chi connectivity index (χ0) is 22.0. The number of ether oxygens (including phenoxy) is 1. The molecular formula is C23H16ClNO5S. The summed E-state index contributed by atoms with van der Waals surface area (Å²) >= 11 is 7.14. The van der Waals surface area contributed by atoms with Crippen LogP contribution in [0.25, 0.3) is 21.8 Å². The molecule has 31 heavy (non-hydrogen) atoms. The van der Waals surface area contributed by atoms with Crippen LogP contribution in [-0.4, -0.2) is 24.1 Å². The van der Waals surface area contributed by atoms with E-state index in [4.69, 9.17) is 20.8 Å². The molecule has 2 heterocycles. The first-order valence-corrected chi connectivity index (χ1v) is 10.4. The van der Waals surface area contributed by atoms with Crippen LogP contribution in [0.1, 0.15) is 20.9 Å². The molecule has 156 valence electrons. The number of aromatic carboxylic acids is 1. The molecule has 0 fully saturated rings. The van der Waals surface area contributed by atoms with Crippen LogP contribution in [0.4, 0.5) is 5.69 Å². The van der Waals surface area contributed by atoms with Gasteiger partial charge in [-0.1, -0.05) is 23.7 Å². The van der Waals surface area contributed by atoms with Crippen LogP contribution in [0.15, 0.2) is 70.5 Å². The Morgan fingerprint density at radius 1 is 1.00 bits per heavy atom. The zero-order valence-corrected chi connectivity index (χ0v) is 17.8. The Kier molecular flexibility index (Phi) is 5.79. The number of benzene rings is 2. The molecule has 0 aliphatic carbocycles. The molecule has 4 aromatic rings. The van der Waals surface area contributed by atoms with E-state index in [1.807, 2.05) is 12.1 Å². The topological polar surface area (TPSA) is 88.8 Å². The summed E-state index contributed by atoms with van der Waals surface area (Å²) in [6.07, 6.45) is 0. The Balaban J connectivity index is 1.58. The first-order chi connectivity index (χ1) is 15.0. The van der Waals surface area contributed by atoms with Crippen LogP contribution in [-0.2, 0) is 0 Å². The van der Waals surface area contributed by atoms with E-state index in [0.29, 0.717) is 27.0 Å². The fourth-order valence-corrected chi connectivity index (χ4v) is 4.16. The Labute approximate surface area is 186 Å². The van der Waals surface area contributed by atoms with Crippen LogP contribution in [0.5, 0.6) is 5.75 Å². The first kappa shape index (κ1) is 20.7. The molecule has 0 saturated heterocycles. The molecule has 0 aliphatic rings. The second-order valence-electron chi connectivity index (χ2n) is 6.51. The molecule has 2 aromatic heterocycles. The highest BCUT2D eigenvalue weighted by atomic mass is 35.5. The number of halogens is 1. The molecule has 0 unspecified atom stereocenters. The van der Waals surface area contributed by atoms with Crippen LogP contribution >= 0.6 is 22.9 Å². The van der Waals surface area contributed by atoms with E-state index in [-0.39, 0.29) is 17.0 Å². The maximum absolute atomic E-state index is 12.7. The summed E-state index contributed by atoms with van der Waals surface area (Å²) in [5.41, 5.74) is 1.70. The highest BCUT2D eigenvalue weighted by molar-refractivity contribution is 7.14. The lowest BCUT2D eigenvalue weighted by Gasteiger charge is -2.05. The van der Waals surface area contributed by atoms with E-state index < -0.39 is 11.9 Å². The average molecular weight is 454 g/mol. The molecular weight excluding hydrogens is 438 g/mol. The number of hydrogen-bond acceptors (Lipinski definition) is 5. The fourth-order valence-electron chi connectivity index (χ4n) is 3.03. The van der Waals surface area contributed by atoms with Gasteiger partial charge in [0.25, 0.3) is 5.91 Å². The number of thiophene rings is 1. The van der Waals surface area contributed by atoms with E-state index in [9.17, 15) is 14.7 Å². The minimum Gasteiger partial charge on any atom is -0.497 e. The van der Waals surface area contributed by atoms with Gasteiger partial charge in [0.05, 0.1) is 17.7 Å². The van der Waals surface area contributed by atoms with Gasteiger partial charge < -0.3 is 19.6 Å². The smallest absolute Gasteiger partial charge is 0.339 e. The highest BCUT2D eigenvalue weighted by Crippen LogP contribution is 2.37. The Morgan fingerprint density at radius 2 is 1.68 bits per heavy atom. The molecule has 0 bridgehead atoms. The van der Waals surface area contributed by atoms with Crippen molar-refractivity contribution in [1.29, 1.82) is 0 Å². The highest BCUT2D eigenvalue weighted by Gasteiger charge is 2.22. The summed E-state index contributed by atoms with van der Waals surface area (Å²) in [5.74, 6) is -0.383. The quantitative estimate of drug-likeness (QED) is 0.358. The fraction of sp³-hybridized carbons (Fsp3) is 0.0435. The molecule has 1 amide bonds. The number of carbonyl (C=O) groups is 2. The summed E-state index contributed by atoms with van der Waals surface area (Å²) in [7, 11) is 1.58. The SMILES string of the molecule is COc1ccc(-c2ccc(C(=O)Nc3csc(-c4ccc(Cl)cc4)c3C(=O)O)o2)cc1. The van der Waals surface area contributed by atoms with Gasteiger partial charge in [-0.3, -0.25) is 4.79 Å². The largest absolute Gasteiger partial charge is 0.497 e. The molecule has 2 N–H and O–H groups in total. The van der Waals surface area contributed by atoms with Crippen molar-refractivity contribution in [3.8, 4) is 27.5 Å². The summed E-state index contributed by atoms with van der Waals surface area (Å²) < 4.78 is 10.8. The lowest BCUT2D eigenvalue weighted by molar-refractivity contribution is 0.0699. The van der Waals surface area contributed by atoms with E-state index in [1.54, 1.807) is 61.0 Å². The van der Waals surface area contributed by atoms with Crippen LogP contribution < -0.4 is 10.1 Å². The van der Waals surface area contributed by atoms with Gasteiger partial charge in [-0.15, -0.1) is 11.3 Å². The number of carboxylic acids is 1. The van der Waals surface area contributed by atoms with Crippen LogP contribution in [0.3, 0.4) is 0 Å². The number of methoxy groups -OCH3 is 1. The standard InChI is InChI=1S/C23H16ClNO5S/c1-29-16-8-4-13(5-9-16)18-10-11-19(30-18)22(26)25-17-12-31-21(20(17)23(27)28)14-2-6-15(24)7-3-14/h2-12H,1H3,(H,25,26)(H,27,28). The molecule has 0 radical (unpaired) electrons. The molecule has 0 aliphatic heterocycles. The van der Waals surface area contributed by atoms with Gasteiger partial charge in [0.1, 0.15) is 17.1 Å². The number of rotatable bonds is 6. The van der Waals surface area contributed by atoms with Crippen molar-refractivity contribution < 1.29 is 23.8 Å². The summed E-state index contributed by atoms with van der Waals surface area (Å²) in [6.45, 7) is 0. The van der Waals surface area contributed by atoms with Crippen molar-refractivity contribution >= 4 is 40.5 Å². The Hall–Kier alpha value is -3.55. The Morgan fingerprint density at radius 3 is 2.32 bits per heavy atom. The second-order valence-corrected chi connectivity index (χ2v) is 7.83. The van der Waals surface area contributed by atoms with Crippen molar-refractivity contribution in [3.63, 3.8) is 0 Å². The van der Waals surface area contributed by atoms with E-state index in [2.05, 4.69) is 5.32 Å². The maximum atomic E-state index is 12.7. The molecule has 0 atom stereocenters. The number of carbonyl (C=O) groups excluding carboxylic acids is 1. The monoisotopic (exact) mass is 453 g/mol. The minimum absolute atomic E-state index is 0.0163. The van der Waals surface area contributed by atoms with Gasteiger partial charge in [-0.25, -0.2) is 4.79 Å². The van der Waals surface area contributed by atoms with Crippen molar-refractivity contribution in [2.24, 2.45) is 0 Å². The third kappa shape index (κ3) is 4.33. The Bertz CT molecular complexity index is 1240. The second kappa shape index (κ2) is 8.67. The van der Waals surface area contributed by atoms with Gasteiger partial charge in [-0.2, -0.15) is 0 Å². The molecule has 4 rings (SSSR count). The normalized spacial score (nSPS) is 10.6. The first-order valence-electron chi connectivity index (χ1n) is 9.12. The number of anilines is 1. The zero-order valence-electron chi connectivity index (χ0n) is 16.2. The lowest BCUT2D eigenvalue weighted by Crippen LogP contribution is -2.13. The van der Waals surface area contributed by atoms with Crippen molar-refractivity contribution in [2.45, 2.75) is 0 Å². The van der Waals surface area contributed by atoms with Gasteiger partial charge in [0.15, 0.2) is 5.76 Å². The number of furan rings is 1. The van der Waals surface area contributed by atoms with Gasteiger partial charge >= 0.3 is 5.97 Å². The predicted octanol–water partition coefficient (Wildman–Crippen LogP) is 6.29. The van der Waals surface area contributed by atoms with Crippen molar-refractivity contribution in [3.05, 3.63) is 82.4 Å². The van der Waals surface area contributed by atoms with E-state index >= 15 is 0 Å². The van der Waals surface area contributed by atoms with Crippen molar-refractivity contribution in [1.82, 2.24) is 0 Å². The number of hydrogen-bond donors (Lipinski definition) is 2. The van der Waals surface area contributed by atoms with E-state index in [0.717, 1.165) is 5.56 Å². The van der Waals surface area contributed by atoms with Crippen LogP contribution in [0.2, 0.25) is 5.02 Å². The summed E-state index contributed by atoms with van der Waals surface area (Å²) in [5, 5.41) is 14.5. The van der Waals surface area contributed by atoms with Gasteiger partial charge in [0.2, 0.25) is 0 Å². The summed E-state index contributed by atoms with van der Waals surface area (Å²) in [6, 6.07) is 17.3. The molecule has 6 nitrogen and oxygen atoms in total. The average Bonchev–Trinajstić information content (AvgIpc) is 3.42. The predicted molar refractivity (Wildman–Crippen MR) is 120 cm³/mol. The number of carboxylic acid groups (broad SMARTS) is 1. The summed E-state index contributed by atoms with van der Waals surface area (Å²) in [4.78, 5) is 25.1. The number of amides is 1. The third-order valence-electron chi connectivity index (χ3n) is 4.56. The number of nitrogens with one attached hydrogen (secondary N) is 1. The minimum atomic E-state index is -1.14. The molecule has 0 spiro atoms. The third-order valence-corrected chi connectivity index (χ3v) is 5.84. The van der Waals surface area contributed by atoms with Crippen molar-refractivity contribution in [2.75, 3.05) is 12.4 Å². The molecule has 2 aromatic carbocycles. The molecule has 8 heteroatoms. The van der Waals surface area contributed by atoms with E-state index in [1.165, 1.54) is 11.3 Å². The van der Waals surface area contributed by atoms with Crippen LogP contribution in [0, 0.1) is 0 Å². The van der Waals surface area contributed by atoms with Gasteiger partial charge in [0, 0.05) is 16.0 Å².